The molecule has 0 aromatic heterocycles. The number of rotatable bonds is 1. The molecule has 0 spiro atoms. The van der Waals surface area contributed by atoms with Crippen molar-refractivity contribution in [2.75, 3.05) is 0 Å². The first-order valence-corrected chi connectivity index (χ1v) is 5.53. The maximum absolute atomic E-state index is 13.7. The first kappa shape index (κ1) is 10.9. The summed E-state index contributed by atoms with van der Waals surface area (Å²) in [5, 5.41) is 9.94. The van der Waals surface area contributed by atoms with Crippen molar-refractivity contribution in [2.45, 2.75) is 37.7 Å². The number of halogens is 2. The van der Waals surface area contributed by atoms with Crippen LogP contribution in [0, 0.1) is 5.82 Å². The Bertz CT molecular complexity index is 380. The Kier molecular flexibility index (Phi) is 2.73. The van der Waals surface area contributed by atoms with Gasteiger partial charge in [-0.05, 0) is 42.4 Å². The summed E-state index contributed by atoms with van der Waals surface area (Å²) in [7, 11) is 0. The molecule has 0 amide bonds. The summed E-state index contributed by atoms with van der Waals surface area (Å²) < 4.78 is 13.7. The van der Waals surface area contributed by atoms with Crippen LogP contribution in [0.1, 0.15) is 31.7 Å². The van der Waals surface area contributed by atoms with Crippen molar-refractivity contribution in [2.24, 2.45) is 0 Å². The van der Waals surface area contributed by atoms with Crippen LogP contribution in [0.3, 0.4) is 0 Å². The lowest BCUT2D eigenvalue weighted by Crippen LogP contribution is -2.20. The van der Waals surface area contributed by atoms with Crippen molar-refractivity contribution in [3.63, 3.8) is 0 Å². The van der Waals surface area contributed by atoms with Crippen LogP contribution in [0.15, 0.2) is 18.2 Å². The van der Waals surface area contributed by atoms with Gasteiger partial charge in [-0.15, -0.1) is 0 Å². The smallest absolute Gasteiger partial charge is 0.128 e. The van der Waals surface area contributed by atoms with Gasteiger partial charge in [0.15, 0.2) is 0 Å². The van der Waals surface area contributed by atoms with E-state index in [9.17, 15) is 9.50 Å². The van der Waals surface area contributed by atoms with Gasteiger partial charge in [0.2, 0.25) is 0 Å². The highest BCUT2D eigenvalue weighted by Gasteiger charge is 2.37. The largest absolute Gasteiger partial charge is 0.393 e. The number of hydrogen-bond acceptors (Lipinski definition) is 1. The average Bonchev–Trinajstić information content (AvgIpc) is 2.46. The fourth-order valence-electron chi connectivity index (χ4n) is 2.43. The molecule has 1 aromatic carbocycles. The predicted octanol–water partition coefficient (Wildman–Crippen LogP) is 3.28. The monoisotopic (exact) mass is 228 g/mol. The summed E-state index contributed by atoms with van der Waals surface area (Å²) in [6, 6.07) is 4.78. The van der Waals surface area contributed by atoms with Gasteiger partial charge in [-0.1, -0.05) is 24.6 Å². The molecule has 3 heteroatoms. The molecule has 82 valence electrons. The van der Waals surface area contributed by atoms with Gasteiger partial charge < -0.3 is 5.11 Å². The van der Waals surface area contributed by atoms with E-state index < -0.39 is 0 Å². The minimum atomic E-state index is -0.301. The first-order valence-electron chi connectivity index (χ1n) is 5.15. The van der Waals surface area contributed by atoms with Gasteiger partial charge in [0, 0.05) is 5.02 Å². The molecule has 2 atom stereocenters. The highest BCUT2D eigenvalue weighted by atomic mass is 35.5. The highest BCUT2D eigenvalue weighted by Crippen LogP contribution is 2.42. The van der Waals surface area contributed by atoms with Crippen molar-refractivity contribution in [3.05, 3.63) is 34.6 Å². The molecule has 1 nitrogen and oxygen atoms in total. The molecule has 1 aliphatic rings. The quantitative estimate of drug-likeness (QED) is 0.782. The van der Waals surface area contributed by atoms with Crippen molar-refractivity contribution < 1.29 is 9.50 Å². The van der Waals surface area contributed by atoms with Gasteiger partial charge in [0.25, 0.3) is 0 Å². The van der Waals surface area contributed by atoms with Gasteiger partial charge in [0.05, 0.1) is 6.10 Å². The molecule has 0 aliphatic heterocycles. The second kappa shape index (κ2) is 3.76. The summed E-state index contributed by atoms with van der Waals surface area (Å²) in [6.07, 6.45) is 1.90. The molecular weight excluding hydrogens is 215 g/mol. The highest BCUT2D eigenvalue weighted by molar-refractivity contribution is 6.30. The molecule has 1 saturated carbocycles. The van der Waals surface area contributed by atoms with Crippen molar-refractivity contribution in [1.29, 1.82) is 0 Å². The number of aliphatic hydroxyl groups is 1. The lowest BCUT2D eigenvalue weighted by Gasteiger charge is -2.24. The van der Waals surface area contributed by atoms with E-state index >= 15 is 0 Å². The molecule has 2 unspecified atom stereocenters. The Morgan fingerprint density at radius 2 is 2.27 bits per heavy atom. The van der Waals surface area contributed by atoms with Crippen LogP contribution in [0.2, 0.25) is 5.02 Å². The van der Waals surface area contributed by atoms with Crippen LogP contribution in [0.5, 0.6) is 0 Å². The van der Waals surface area contributed by atoms with Gasteiger partial charge in [0.1, 0.15) is 5.82 Å². The third-order valence-electron chi connectivity index (χ3n) is 3.30. The molecule has 0 heterocycles. The summed E-state index contributed by atoms with van der Waals surface area (Å²) in [6.45, 7) is 2.00. The number of benzene rings is 1. The predicted molar refractivity (Wildman–Crippen MR) is 58.6 cm³/mol. The van der Waals surface area contributed by atoms with E-state index in [-0.39, 0.29) is 17.3 Å². The van der Waals surface area contributed by atoms with E-state index in [4.69, 9.17) is 11.6 Å². The van der Waals surface area contributed by atoms with Crippen LogP contribution in [0.25, 0.3) is 0 Å². The van der Waals surface area contributed by atoms with Crippen LogP contribution < -0.4 is 0 Å². The maximum atomic E-state index is 13.7. The third-order valence-corrected chi connectivity index (χ3v) is 3.53. The van der Waals surface area contributed by atoms with Crippen LogP contribution in [-0.4, -0.2) is 11.2 Å². The van der Waals surface area contributed by atoms with Gasteiger partial charge >= 0.3 is 0 Å². The van der Waals surface area contributed by atoms with E-state index in [1.807, 2.05) is 6.92 Å². The minimum absolute atomic E-state index is 0.242. The lowest BCUT2D eigenvalue weighted by atomic mass is 9.80. The van der Waals surface area contributed by atoms with Gasteiger partial charge in [-0.25, -0.2) is 4.39 Å². The zero-order chi connectivity index (χ0) is 11.1. The molecule has 0 saturated heterocycles. The molecule has 0 radical (unpaired) electrons. The Morgan fingerprint density at radius 1 is 1.53 bits per heavy atom. The van der Waals surface area contributed by atoms with E-state index in [0.29, 0.717) is 17.0 Å². The van der Waals surface area contributed by atoms with E-state index in [1.165, 1.54) is 6.07 Å². The van der Waals surface area contributed by atoms with Crippen molar-refractivity contribution in [3.8, 4) is 0 Å². The molecular formula is C12H14ClFO. The van der Waals surface area contributed by atoms with E-state index in [2.05, 4.69) is 0 Å². The second-order valence-electron chi connectivity index (χ2n) is 4.58. The summed E-state index contributed by atoms with van der Waals surface area (Å²) in [5.74, 6) is -0.265. The molecule has 15 heavy (non-hydrogen) atoms. The lowest BCUT2D eigenvalue weighted by molar-refractivity contribution is 0.175. The summed E-state index contributed by atoms with van der Waals surface area (Å²) >= 11 is 5.71. The SMILES string of the molecule is CC1(c2ccc(Cl)cc2F)CCC(O)C1. The molecule has 1 aliphatic carbocycles. The topological polar surface area (TPSA) is 20.2 Å². The average molecular weight is 229 g/mol. The van der Waals surface area contributed by atoms with E-state index in [0.717, 1.165) is 12.8 Å². The van der Waals surface area contributed by atoms with Crippen LogP contribution >= 0.6 is 11.6 Å². The van der Waals surface area contributed by atoms with Gasteiger partial charge in [-0.2, -0.15) is 0 Å². The van der Waals surface area contributed by atoms with E-state index in [1.54, 1.807) is 12.1 Å². The Balaban J connectivity index is 2.37. The standard InChI is InChI=1S/C12H14ClFO/c1-12(5-4-9(15)7-12)10-3-2-8(13)6-11(10)14/h2-3,6,9,15H,4-5,7H2,1H3. The van der Waals surface area contributed by atoms with Crippen LogP contribution in [-0.2, 0) is 5.41 Å². The molecule has 2 rings (SSSR count). The molecule has 0 bridgehead atoms. The van der Waals surface area contributed by atoms with Crippen LogP contribution in [0.4, 0.5) is 4.39 Å². The molecule has 1 fully saturated rings. The Morgan fingerprint density at radius 3 is 2.80 bits per heavy atom. The first-order chi connectivity index (χ1) is 7.01. The summed E-state index contributed by atoms with van der Waals surface area (Å²) in [4.78, 5) is 0. The Hall–Kier alpha value is -0.600. The number of aliphatic hydroxyl groups excluding tert-OH is 1. The fraction of sp³-hybridized carbons (Fsp3) is 0.500. The Labute approximate surface area is 93.9 Å². The van der Waals surface area contributed by atoms with Gasteiger partial charge in [-0.3, -0.25) is 0 Å². The fourth-order valence-corrected chi connectivity index (χ4v) is 2.59. The normalized spacial score (nSPS) is 30.8. The summed E-state index contributed by atoms with van der Waals surface area (Å²) in [5.41, 5.74) is 0.428. The maximum Gasteiger partial charge on any atom is 0.128 e. The zero-order valence-corrected chi connectivity index (χ0v) is 9.39. The molecule has 1 aromatic rings. The molecule has 1 N–H and O–H groups in total. The second-order valence-corrected chi connectivity index (χ2v) is 5.02. The third kappa shape index (κ3) is 2.01. The van der Waals surface area contributed by atoms with Crippen molar-refractivity contribution >= 4 is 11.6 Å². The minimum Gasteiger partial charge on any atom is -0.393 e. The van der Waals surface area contributed by atoms with Crippen molar-refractivity contribution in [1.82, 2.24) is 0 Å². The number of hydrogen-bond donors (Lipinski definition) is 1. The zero-order valence-electron chi connectivity index (χ0n) is 8.63.